The van der Waals surface area contributed by atoms with Crippen molar-refractivity contribution in [2.75, 3.05) is 0 Å². The third-order valence-electron chi connectivity index (χ3n) is 5.14. The van der Waals surface area contributed by atoms with E-state index in [-0.39, 0.29) is 23.5 Å². The molecule has 0 aromatic heterocycles. The average molecular weight is 281 g/mol. The molecular formula is C17H31NO2. The Bertz CT molecular complexity index is 321. The van der Waals surface area contributed by atoms with E-state index in [1.807, 2.05) is 0 Å². The highest BCUT2D eigenvalue weighted by atomic mass is 16.3. The highest BCUT2D eigenvalue weighted by Gasteiger charge is 2.42. The van der Waals surface area contributed by atoms with Gasteiger partial charge in [0.1, 0.15) is 0 Å². The van der Waals surface area contributed by atoms with Crippen molar-refractivity contribution < 1.29 is 9.90 Å². The van der Waals surface area contributed by atoms with Gasteiger partial charge in [-0.15, -0.1) is 0 Å². The fourth-order valence-corrected chi connectivity index (χ4v) is 4.14. The Balaban J connectivity index is 2.00. The normalized spacial score (nSPS) is 30.2. The summed E-state index contributed by atoms with van der Waals surface area (Å²) in [6.45, 7) is 4.40. The molecular weight excluding hydrogens is 250 g/mol. The minimum absolute atomic E-state index is 0.0189. The summed E-state index contributed by atoms with van der Waals surface area (Å²) in [5, 5.41) is 13.4. The van der Waals surface area contributed by atoms with E-state index in [1.165, 1.54) is 19.3 Å². The Kier molecular flexibility index (Phi) is 5.48. The van der Waals surface area contributed by atoms with Gasteiger partial charge in [-0.25, -0.2) is 0 Å². The van der Waals surface area contributed by atoms with Crippen molar-refractivity contribution in [3.05, 3.63) is 0 Å². The molecule has 2 aliphatic rings. The monoisotopic (exact) mass is 281 g/mol. The summed E-state index contributed by atoms with van der Waals surface area (Å²) in [6.07, 6.45) is 10.2. The van der Waals surface area contributed by atoms with Crippen LogP contribution in [0.1, 0.15) is 78.1 Å². The van der Waals surface area contributed by atoms with Crippen molar-refractivity contribution in [2.45, 2.75) is 90.2 Å². The first-order valence-electron chi connectivity index (χ1n) is 8.52. The zero-order valence-corrected chi connectivity index (χ0v) is 13.2. The number of nitrogens with one attached hydrogen (secondary N) is 1. The van der Waals surface area contributed by atoms with Crippen LogP contribution in [0.3, 0.4) is 0 Å². The van der Waals surface area contributed by atoms with Crippen LogP contribution in [0.4, 0.5) is 0 Å². The summed E-state index contributed by atoms with van der Waals surface area (Å²) >= 11 is 0. The molecule has 0 radical (unpaired) electrons. The van der Waals surface area contributed by atoms with Crippen LogP contribution in [-0.2, 0) is 4.79 Å². The molecule has 2 fully saturated rings. The summed E-state index contributed by atoms with van der Waals surface area (Å²) < 4.78 is 0. The number of carbonyl (C=O) groups is 1. The third kappa shape index (κ3) is 3.75. The zero-order valence-electron chi connectivity index (χ0n) is 13.2. The highest BCUT2D eigenvalue weighted by molar-refractivity contribution is 5.83. The van der Waals surface area contributed by atoms with Gasteiger partial charge in [0.2, 0.25) is 5.91 Å². The van der Waals surface area contributed by atoms with Crippen LogP contribution in [0, 0.1) is 11.3 Å². The standard InChI is InChI=1S/C17H31NO2/c1-13(2)12-17(10-6-7-11-17)16(20)18-14-8-4-3-5-9-15(14)19/h13-15,19H,3-12H2,1-2H3,(H,18,20). The summed E-state index contributed by atoms with van der Waals surface area (Å²) in [5.41, 5.74) is -0.153. The Hall–Kier alpha value is -0.570. The number of carbonyl (C=O) groups excluding carboxylic acids is 1. The molecule has 2 unspecified atom stereocenters. The van der Waals surface area contributed by atoms with Gasteiger partial charge >= 0.3 is 0 Å². The molecule has 116 valence electrons. The van der Waals surface area contributed by atoms with Crippen LogP contribution in [0.25, 0.3) is 0 Å². The molecule has 0 spiro atoms. The fraction of sp³-hybridized carbons (Fsp3) is 0.941. The van der Waals surface area contributed by atoms with Crippen LogP contribution < -0.4 is 5.32 Å². The van der Waals surface area contributed by atoms with E-state index in [2.05, 4.69) is 19.2 Å². The molecule has 2 rings (SSSR count). The molecule has 0 aromatic rings. The lowest BCUT2D eigenvalue weighted by Crippen LogP contribution is -2.49. The molecule has 2 atom stereocenters. The van der Waals surface area contributed by atoms with E-state index in [4.69, 9.17) is 0 Å². The van der Waals surface area contributed by atoms with Gasteiger partial charge in [-0.2, -0.15) is 0 Å². The van der Waals surface area contributed by atoms with Crippen molar-refractivity contribution in [2.24, 2.45) is 11.3 Å². The molecule has 0 bridgehead atoms. The first-order chi connectivity index (χ1) is 9.53. The maximum atomic E-state index is 12.8. The minimum atomic E-state index is -0.348. The number of hydrogen-bond acceptors (Lipinski definition) is 2. The van der Waals surface area contributed by atoms with E-state index < -0.39 is 0 Å². The summed E-state index contributed by atoms with van der Waals surface area (Å²) in [4.78, 5) is 12.8. The van der Waals surface area contributed by atoms with Crippen LogP contribution >= 0.6 is 0 Å². The minimum Gasteiger partial charge on any atom is -0.391 e. The lowest BCUT2D eigenvalue weighted by atomic mass is 9.77. The first kappa shape index (κ1) is 15.8. The molecule has 0 aromatic carbocycles. The van der Waals surface area contributed by atoms with Crippen LogP contribution in [0.15, 0.2) is 0 Å². The second-order valence-corrected chi connectivity index (χ2v) is 7.37. The van der Waals surface area contributed by atoms with Gasteiger partial charge in [-0.1, -0.05) is 46.0 Å². The molecule has 2 aliphatic carbocycles. The zero-order chi connectivity index (χ0) is 14.6. The maximum absolute atomic E-state index is 12.8. The van der Waals surface area contributed by atoms with Crippen molar-refractivity contribution in [3.63, 3.8) is 0 Å². The van der Waals surface area contributed by atoms with Gasteiger partial charge < -0.3 is 10.4 Å². The van der Waals surface area contributed by atoms with Crippen molar-refractivity contribution in [1.29, 1.82) is 0 Å². The Morgan fingerprint density at radius 1 is 1.15 bits per heavy atom. The van der Waals surface area contributed by atoms with Gasteiger partial charge in [0, 0.05) is 5.41 Å². The Labute approximate surface area is 123 Å². The van der Waals surface area contributed by atoms with Gasteiger partial charge in [0.25, 0.3) is 0 Å². The van der Waals surface area contributed by atoms with E-state index in [1.54, 1.807) is 0 Å². The molecule has 3 heteroatoms. The molecule has 0 aliphatic heterocycles. The molecule has 0 heterocycles. The lowest BCUT2D eigenvalue weighted by molar-refractivity contribution is -0.133. The van der Waals surface area contributed by atoms with Crippen molar-refractivity contribution in [1.82, 2.24) is 5.32 Å². The van der Waals surface area contributed by atoms with Crippen LogP contribution in [0.2, 0.25) is 0 Å². The van der Waals surface area contributed by atoms with Gasteiger partial charge in [0.15, 0.2) is 0 Å². The SMILES string of the molecule is CC(C)CC1(C(=O)NC2CCCCCC2O)CCCC1. The molecule has 2 N–H and O–H groups in total. The molecule has 1 amide bonds. The van der Waals surface area contributed by atoms with Crippen LogP contribution in [-0.4, -0.2) is 23.2 Å². The van der Waals surface area contributed by atoms with E-state index >= 15 is 0 Å². The summed E-state index contributed by atoms with van der Waals surface area (Å²) in [5.74, 6) is 0.771. The smallest absolute Gasteiger partial charge is 0.226 e. The number of aliphatic hydroxyl groups excluding tert-OH is 1. The second-order valence-electron chi connectivity index (χ2n) is 7.37. The molecule has 0 saturated heterocycles. The first-order valence-corrected chi connectivity index (χ1v) is 8.52. The second kappa shape index (κ2) is 6.93. The van der Waals surface area contributed by atoms with Crippen molar-refractivity contribution in [3.8, 4) is 0 Å². The Morgan fingerprint density at radius 2 is 1.80 bits per heavy atom. The quantitative estimate of drug-likeness (QED) is 0.776. The fourth-order valence-electron chi connectivity index (χ4n) is 4.14. The lowest BCUT2D eigenvalue weighted by Gasteiger charge is -2.32. The summed E-state index contributed by atoms with van der Waals surface area (Å²) in [6, 6.07) is -0.0189. The maximum Gasteiger partial charge on any atom is 0.226 e. The number of aliphatic hydroxyl groups is 1. The average Bonchev–Trinajstić information content (AvgIpc) is 2.76. The van der Waals surface area contributed by atoms with Gasteiger partial charge in [-0.05, 0) is 38.0 Å². The number of hydrogen-bond donors (Lipinski definition) is 2. The van der Waals surface area contributed by atoms with Crippen molar-refractivity contribution >= 4 is 5.91 Å². The highest BCUT2D eigenvalue weighted by Crippen LogP contribution is 2.43. The number of amides is 1. The number of rotatable bonds is 4. The van der Waals surface area contributed by atoms with Crippen LogP contribution in [0.5, 0.6) is 0 Å². The molecule has 2 saturated carbocycles. The summed E-state index contributed by atoms with van der Waals surface area (Å²) in [7, 11) is 0. The van der Waals surface area contributed by atoms with Gasteiger partial charge in [0.05, 0.1) is 12.1 Å². The topological polar surface area (TPSA) is 49.3 Å². The third-order valence-corrected chi connectivity index (χ3v) is 5.14. The van der Waals surface area contributed by atoms with Gasteiger partial charge in [-0.3, -0.25) is 4.79 Å². The largest absolute Gasteiger partial charge is 0.391 e. The predicted molar refractivity (Wildman–Crippen MR) is 81.4 cm³/mol. The predicted octanol–water partition coefficient (Wildman–Crippen LogP) is 3.40. The van der Waals surface area contributed by atoms with E-state index in [0.717, 1.165) is 44.9 Å². The Morgan fingerprint density at radius 3 is 2.45 bits per heavy atom. The van der Waals surface area contributed by atoms with E-state index in [0.29, 0.717) is 5.92 Å². The molecule has 20 heavy (non-hydrogen) atoms. The molecule has 3 nitrogen and oxygen atoms in total. The van der Waals surface area contributed by atoms with E-state index in [9.17, 15) is 9.90 Å².